The molecule has 1 unspecified atom stereocenters. The molecule has 0 aliphatic heterocycles. The summed E-state index contributed by atoms with van der Waals surface area (Å²) in [6.07, 6.45) is 4.13. The summed E-state index contributed by atoms with van der Waals surface area (Å²) in [6, 6.07) is 1.82. The summed E-state index contributed by atoms with van der Waals surface area (Å²) in [4.78, 5) is 23.3. The average Bonchev–Trinajstić information content (AvgIpc) is 3.17. The lowest BCUT2D eigenvalue weighted by atomic mass is 10.2. The van der Waals surface area contributed by atoms with Gasteiger partial charge in [-0.3, -0.25) is 9.89 Å². The third-order valence-corrected chi connectivity index (χ3v) is 3.41. The van der Waals surface area contributed by atoms with E-state index in [1.165, 1.54) is 0 Å². The Kier molecular flexibility index (Phi) is 4.76. The maximum Gasteiger partial charge on any atom is 0.359 e. The summed E-state index contributed by atoms with van der Waals surface area (Å²) in [5.74, 6) is -0.252. The summed E-state index contributed by atoms with van der Waals surface area (Å²) in [5.41, 5.74) is 1.11. The molecule has 6 nitrogen and oxygen atoms in total. The van der Waals surface area contributed by atoms with Crippen LogP contribution in [-0.4, -0.2) is 34.7 Å². The van der Waals surface area contributed by atoms with E-state index in [0.717, 1.165) is 31.4 Å². The van der Waals surface area contributed by atoms with Gasteiger partial charge < -0.3 is 10.1 Å². The number of H-pyrrole nitrogens is 1. The first kappa shape index (κ1) is 14.6. The number of aromatic amines is 1. The number of carbonyl (C=O) groups excluding carboxylic acids is 2. The molecule has 1 fully saturated rings. The van der Waals surface area contributed by atoms with Crippen LogP contribution in [0, 0.1) is 5.92 Å². The predicted molar refractivity (Wildman–Crippen MR) is 73.2 cm³/mol. The van der Waals surface area contributed by atoms with Crippen molar-refractivity contribution in [2.75, 3.05) is 6.61 Å². The Morgan fingerprint density at radius 3 is 2.95 bits per heavy atom. The van der Waals surface area contributed by atoms with Gasteiger partial charge in [0.25, 0.3) is 5.91 Å². The first-order chi connectivity index (χ1) is 9.60. The van der Waals surface area contributed by atoms with Crippen LogP contribution in [0.4, 0.5) is 0 Å². The topological polar surface area (TPSA) is 84.1 Å². The fraction of sp³-hybridized carbons (Fsp3) is 0.643. The summed E-state index contributed by atoms with van der Waals surface area (Å²) < 4.78 is 4.95. The fourth-order valence-electron chi connectivity index (χ4n) is 2.08. The lowest BCUT2D eigenvalue weighted by Crippen LogP contribution is -2.37. The van der Waals surface area contributed by atoms with Crippen LogP contribution in [0.25, 0.3) is 0 Å². The Bertz CT molecular complexity index is 480. The molecular weight excluding hydrogens is 258 g/mol. The van der Waals surface area contributed by atoms with Crippen LogP contribution in [0.1, 0.15) is 49.3 Å². The quantitative estimate of drug-likeness (QED) is 0.740. The molecule has 1 aromatic rings. The SMILES string of the molecule is CCCc1cc(C(=O)OCC(=O)NC(C)C2CC2)n[nH]1. The Labute approximate surface area is 118 Å². The highest BCUT2D eigenvalue weighted by atomic mass is 16.5. The molecule has 1 atom stereocenters. The number of rotatable bonds is 7. The molecule has 0 aromatic carbocycles. The molecule has 1 heterocycles. The van der Waals surface area contributed by atoms with E-state index in [4.69, 9.17) is 4.74 Å². The normalized spacial score (nSPS) is 15.7. The number of aromatic nitrogens is 2. The van der Waals surface area contributed by atoms with Gasteiger partial charge in [-0.15, -0.1) is 0 Å². The van der Waals surface area contributed by atoms with E-state index >= 15 is 0 Å². The van der Waals surface area contributed by atoms with Gasteiger partial charge in [-0.05, 0) is 38.2 Å². The summed E-state index contributed by atoms with van der Waals surface area (Å²) in [7, 11) is 0. The maximum atomic E-state index is 11.7. The second kappa shape index (κ2) is 6.54. The highest BCUT2D eigenvalue weighted by molar-refractivity contribution is 5.89. The van der Waals surface area contributed by atoms with Gasteiger partial charge in [-0.25, -0.2) is 4.79 Å². The molecule has 1 saturated carbocycles. The highest BCUT2D eigenvalue weighted by Crippen LogP contribution is 2.32. The van der Waals surface area contributed by atoms with Crippen molar-refractivity contribution in [1.82, 2.24) is 15.5 Å². The number of nitrogens with one attached hydrogen (secondary N) is 2. The van der Waals surface area contributed by atoms with Crippen LogP contribution >= 0.6 is 0 Å². The van der Waals surface area contributed by atoms with E-state index in [1.807, 2.05) is 13.8 Å². The molecule has 1 amide bonds. The van der Waals surface area contributed by atoms with Crippen LogP contribution in [0.5, 0.6) is 0 Å². The molecule has 1 aromatic heterocycles. The molecule has 0 saturated heterocycles. The molecule has 1 aliphatic rings. The fourth-order valence-corrected chi connectivity index (χ4v) is 2.08. The van der Waals surface area contributed by atoms with Crippen LogP contribution in [0.3, 0.4) is 0 Å². The minimum Gasteiger partial charge on any atom is -0.451 e. The molecule has 2 rings (SSSR count). The molecular formula is C14H21N3O3. The number of nitrogens with zero attached hydrogens (tertiary/aromatic N) is 1. The van der Waals surface area contributed by atoms with E-state index in [1.54, 1.807) is 6.07 Å². The summed E-state index contributed by atoms with van der Waals surface area (Å²) in [5, 5.41) is 9.49. The van der Waals surface area contributed by atoms with Crippen LogP contribution in [-0.2, 0) is 16.0 Å². The molecule has 20 heavy (non-hydrogen) atoms. The van der Waals surface area contributed by atoms with Gasteiger partial charge in [0.1, 0.15) is 0 Å². The van der Waals surface area contributed by atoms with Crippen molar-refractivity contribution in [3.05, 3.63) is 17.5 Å². The van der Waals surface area contributed by atoms with Gasteiger partial charge in [0.2, 0.25) is 0 Å². The van der Waals surface area contributed by atoms with E-state index < -0.39 is 5.97 Å². The number of hydrogen-bond acceptors (Lipinski definition) is 4. The zero-order chi connectivity index (χ0) is 14.5. The Balaban J connectivity index is 1.74. The number of esters is 1. The van der Waals surface area contributed by atoms with Gasteiger partial charge in [0, 0.05) is 11.7 Å². The second-order valence-corrected chi connectivity index (χ2v) is 5.30. The largest absolute Gasteiger partial charge is 0.451 e. The van der Waals surface area contributed by atoms with Crippen LogP contribution < -0.4 is 5.32 Å². The number of hydrogen-bond donors (Lipinski definition) is 2. The van der Waals surface area contributed by atoms with Gasteiger partial charge in [0.05, 0.1) is 0 Å². The Morgan fingerprint density at radius 2 is 2.30 bits per heavy atom. The van der Waals surface area contributed by atoms with E-state index in [0.29, 0.717) is 5.92 Å². The van der Waals surface area contributed by atoms with Gasteiger partial charge >= 0.3 is 5.97 Å². The monoisotopic (exact) mass is 279 g/mol. The number of ether oxygens (including phenoxy) is 1. The lowest BCUT2D eigenvalue weighted by molar-refractivity contribution is -0.125. The van der Waals surface area contributed by atoms with E-state index in [-0.39, 0.29) is 24.2 Å². The molecule has 0 bridgehead atoms. The third-order valence-electron chi connectivity index (χ3n) is 3.41. The van der Waals surface area contributed by atoms with Crippen molar-refractivity contribution >= 4 is 11.9 Å². The smallest absolute Gasteiger partial charge is 0.359 e. The first-order valence-corrected chi connectivity index (χ1v) is 7.11. The Hall–Kier alpha value is -1.85. The third kappa shape index (κ3) is 4.08. The van der Waals surface area contributed by atoms with Crippen molar-refractivity contribution in [1.29, 1.82) is 0 Å². The lowest BCUT2D eigenvalue weighted by Gasteiger charge is -2.12. The second-order valence-electron chi connectivity index (χ2n) is 5.30. The van der Waals surface area contributed by atoms with Crippen molar-refractivity contribution in [3.8, 4) is 0 Å². The predicted octanol–water partition coefficient (Wildman–Crippen LogP) is 1.43. The van der Waals surface area contributed by atoms with Gasteiger partial charge in [-0.2, -0.15) is 5.10 Å². The molecule has 0 radical (unpaired) electrons. The zero-order valence-electron chi connectivity index (χ0n) is 11.9. The maximum absolute atomic E-state index is 11.7. The zero-order valence-corrected chi connectivity index (χ0v) is 11.9. The molecule has 1 aliphatic carbocycles. The minimum atomic E-state index is -0.571. The van der Waals surface area contributed by atoms with Crippen molar-refractivity contribution in [2.45, 2.75) is 45.6 Å². The molecule has 110 valence electrons. The van der Waals surface area contributed by atoms with Gasteiger partial charge in [-0.1, -0.05) is 13.3 Å². The molecule has 2 N–H and O–H groups in total. The number of aryl methyl sites for hydroxylation is 1. The van der Waals surface area contributed by atoms with Crippen molar-refractivity contribution in [3.63, 3.8) is 0 Å². The van der Waals surface area contributed by atoms with Gasteiger partial charge in [0.15, 0.2) is 12.3 Å². The Morgan fingerprint density at radius 1 is 1.55 bits per heavy atom. The van der Waals surface area contributed by atoms with Crippen LogP contribution in [0.15, 0.2) is 6.07 Å². The first-order valence-electron chi connectivity index (χ1n) is 7.11. The molecule has 6 heteroatoms. The van der Waals surface area contributed by atoms with E-state index in [2.05, 4.69) is 15.5 Å². The van der Waals surface area contributed by atoms with Crippen LogP contribution in [0.2, 0.25) is 0 Å². The highest BCUT2D eigenvalue weighted by Gasteiger charge is 2.29. The molecule has 0 spiro atoms. The summed E-state index contributed by atoms with van der Waals surface area (Å²) in [6.45, 7) is 3.76. The number of amides is 1. The number of carbonyl (C=O) groups is 2. The average molecular weight is 279 g/mol. The van der Waals surface area contributed by atoms with E-state index in [9.17, 15) is 9.59 Å². The van der Waals surface area contributed by atoms with Crippen molar-refractivity contribution < 1.29 is 14.3 Å². The standard InChI is InChI=1S/C14H21N3O3/c1-3-4-11-7-12(17-16-11)14(19)20-8-13(18)15-9(2)10-5-6-10/h7,9-10H,3-6,8H2,1-2H3,(H,15,18)(H,16,17). The van der Waals surface area contributed by atoms with Crippen molar-refractivity contribution in [2.24, 2.45) is 5.92 Å². The summed E-state index contributed by atoms with van der Waals surface area (Å²) >= 11 is 0. The minimum absolute atomic E-state index is 0.155.